The SMILES string of the molecule is CN1CC2CNC(=O)c3c(OC(F)(F)F)cccc3C2C1. The third-order valence-corrected chi connectivity index (χ3v) is 4.06. The summed E-state index contributed by atoms with van der Waals surface area (Å²) in [4.78, 5) is 14.3. The fraction of sp³-hybridized carbons (Fsp3) is 0.500. The Hall–Kier alpha value is -1.76. The van der Waals surface area contributed by atoms with Gasteiger partial charge in [0.15, 0.2) is 0 Å². The standard InChI is InChI=1S/C14H15F3N2O2/c1-19-6-8-5-18-13(20)12-9(10(8)7-19)3-2-4-11(12)21-14(15,16)17/h2-4,8,10H,5-7H2,1H3,(H,18,20). The molecule has 0 spiro atoms. The summed E-state index contributed by atoms with van der Waals surface area (Å²) in [5.41, 5.74) is 0.652. The zero-order chi connectivity index (χ0) is 15.2. The van der Waals surface area contributed by atoms with Gasteiger partial charge in [-0.25, -0.2) is 0 Å². The number of rotatable bonds is 1. The summed E-state index contributed by atoms with van der Waals surface area (Å²) >= 11 is 0. The van der Waals surface area contributed by atoms with Gasteiger partial charge in [-0.1, -0.05) is 12.1 Å². The maximum atomic E-state index is 12.5. The first-order valence-corrected chi connectivity index (χ1v) is 6.70. The number of nitrogens with one attached hydrogen (secondary N) is 1. The number of fused-ring (bicyclic) bond motifs is 3. The molecular weight excluding hydrogens is 285 g/mol. The highest BCUT2D eigenvalue weighted by atomic mass is 19.4. The molecule has 0 aromatic heterocycles. The number of amides is 1. The van der Waals surface area contributed by atoms with E-state index in [1.807, 2.05) is 7.05 Å². The molecule has 2 atom stereocenters. The fourth-order valence-electron chi connectivity index (χ4n) is 3.27. The van der Waals surface area contributed by atoms with Gasteiger partial charge in [-0.3, -0.25) is 4.79 Å². The summed E-state index contributed by atoms with van der Waals surface area (Å²) in [5, 5.41) is 2.71. The molecule has 114 valence electrons. The van der Waals surface area contributed by atoms with E-state index in [-0.39, 0.29) is 17.4 Å². The number of nitrogens with zero attached hydrogens (tertiary/aromatic N) is 1. The molecule has 1 aromatic carbocycles. The monoisotopic (exact) mass is 300 g/mol. The van der Waals surface area contributed by atoms with Gasteiger partial charge < -0.3 is 15.0 Å². The predicted octanol–water partition coefficient (Wildman–Crippen LogP) is 1.97. The maximum Gasteiger partial charge on any atom is 0.573 e. The van der Waals surface area contributed by atoms with Gasteiger partial charge in [0.1, 0.15) is 5.75 Å². The summed E-state index contributed by atoms with van der Waals surface area (Å²) in [6.45, 7) is 2.00. The Bertz CT molecular complexity index is 574. The number of hydrogen-bond acceptors (Lipinski definition) is 3. The van der Waals surface area contributed by atoms with Crippen LogP contribution in [0, 0.1) is 5.92 Å². The second kappa shape index (κ2) is 4.91. The Morgan fingerprint density at radius 1 is 1.33 bits per heavy atom. The van der Waals surface area contributed by atoms with Gasteiger partial charge in [-0.05, 0) is 24.6 Å². The molecule has 2 heterocycles. The van der Waals surface area contributed by atoms with Crippen LogP contribution in [0.1, 0.15) is 21.8 Å². The summed E-state index contributed by atoms with van der Waals surface area (Å²) < 4.78 is 41.6. The minimum Gasteiger partial charge on any atom is -0.405 e. The molecule has 1 fully saturated rings. The van der Waals surface area contributed by atoms with Crippen molar-refractivity contribution in [2.75, 3.05) is 26.7 Å². The van der Waals surface area contributed by atoms with E-state index in [1.54, 1.807) is 6.07 Å². The number of carbonyl (C=O) groups excluding carboxylic acids is 1. The molecule has 7 heteroatoms. The van der Waals surface area contributed by atoms with E-state index in [2.05, 4.69) is 15.0 Å². The molecule has 1 saturated heterocycles. The molecule has 2 aliphatic rings. The van der Waals surface area contributed by atoms with Crippen molar-refractivity contribution in [3.05, 3.63) is 29.3 Å². The topological polar surface area (TPSA) is 41.6 Å². The molecule has 0 saturated carbocycles. The van der Waals surface area contributed by atoms with Gasteiger partial charge in [0.2, 0.25) is 0 Å². The summed E-state index contributed by atoms with van der Waals surface area (Å²) in [5.74, 6) is -0.670. The second-order valence-electron chi connectivity index (χ2n) is 5.57. The van der Waals surface area contributed by atoms with Crippen LogP contribution in [0.3, 0.4) is 0 Å². The summed E-state index contributed by atoms with van der Waals surface area (Å²) in [7, 11) is 1.96. The molecular formula is C14H15F3N2O2. The molecule has 1 N–H and O–H groups in total. The molecule has 2 unspecified atom stereocenters. The molecule has 1 amide bonds. The van der Waals surface area contributed by atoms with Crippen LogP contribution in [0.15, 0.2) is 18.2 Å². The first kappa shape index (κ1) is 14.2. The van der Waals surface area contributed by atoms with Gasteiger partial charge in [0.25, 0.3) is 5.91 Å². The Kier molecular flexibility index (Phi) is 3.32. The minimum absolute atomic E-state index is 0.0117. The van der Waals surface area contributed by atoms with Crippen LogP contribution < -0.4 is 10.1 Å². The van der Waals surface area contributed by atoms with Crippen LogP contribution in [0.5, 0.6) is 5.75 Å². The van der Waals surface area contributed by atoms with Crippen molar-refractivity contribution in [1.29, 1.82) is 0 Å². The number of alkyl halides is 3. The number of ether oxygens (including phenoxy) is 1. The Morgan fingerprint density at radius 2 is 2.10 bits per heavy atom. The van der Waals surface area contributed by atoms with Crippen molar-refractivity contribution < 1.29 is 22.7 Å². The molecule has 0 bridgehead atoms. The Balaban J connectivity index is 2.07. The van der Waals surface area contributed by atoms with Crippen LogP contribution in [-0.2, 0) is 0 Å². The fourth-order valence-corrected chi connectivity index (χ4v) is 3.27. The van der Waals surface area contributed by atoms with E-state index in [1.165, 1.54) is 12.1 Å². The van der Waals surface area contributed by atoms with Crippen molar-refractivity contribution in [2.45, 2.75) is 12.3 Å². The van der Waals surface area contributed by atoms with Gasteiger partial charge >= 0.3 is 6.36 Å². The third-order valence-electron chi connectivity index (χ3n) is 4.06. The quantitative estimate of drug-likeness (QED) is 0.862. The first-order valence-electron chi connectivity index (χ1n) is 6.70. The highest BCUT2D eigenvalue weighted by molar-refractivity contribution is 5.99. The third kappa shape index (κ3) is 2.70. The number of halogens is 3. The summed E-state index contributed by atoms with van der Waals surface area (Å²) in [6, 6.07) is 4.42. The van der Waals surface area contributed by atoms with Crippen LogP contribution in [0.4, 0.5) is 13.2 Å². The lowest BCUT2D eigenvalue weighted by atomic mass is 9.87. The number of likely N-dealkylation sites (tertiary alicyclic amines) is 1. The van der Waals surface area contributed by atoms with E-state index in [4.69, 9.17) is 0 Å². The Morgan fingerprint density at radius 3 is 2.81 bits per heavy atom. The summed E-state index contributed by atoms with van der Waals surface area (Å²) in [6.07, 6.45) is -4.81. The molecule has 1 aromatic rings. The van der Waals surface area contributed by atoms with E-state index in [9.17, 15) is 18.0 Å². The van der Waals surface area contributed by atoms with E-state index in [0.29, 0.717) is 12.1 Å². The van der Waals surface area contributed by atoms with Gasteiger partial charge in [0, 0.05) is 25.6 Å². The smallest absolute Gasteiger partial charge is 0.405 e. The zero-order valence-electron chi connectivity index (χ0n) is 11.4. The van der Waals surface area contributed by atoms with Crippen molar-refractivity contribution in [1.82, 2.24) is 10.2 Å². The first-order chi connectivity index (χ1) is 9.85. The highest BCUT2D eigenvalue weighted by Crippen LogP contribution is 2.39. The average Bonchev–Trinajstić information content (AvgIpc) is 2.69. The molecule has 4 nitrogen and oxygen atoms in total. The van der Waals surface area contributed by atoms with Crippen LogP contribution >= 0.6 is 0 Å². The van der Waals surface area contributed by atoms with E-state index >= 15 is 0 Å². The van der Waals surface area contributed by atoms with Gasteiger partial charge in [-0.15, -0.1) is 13.2 Å². The zero-order valence-corrected chi connectivity index (χ0v) is 11.4. The largest absolute Gasteiger partial charge is 0.573 e. The van der Waals surface area contributed by atoms with Crippen LogP contribution in [0.2, 0.25) is 0 Å². The predicted molar refractivity (Wildman–Crippen MR) is 69.2 cm³/mol. The van der Waals surface area contributed by atoms with E-state index < -0.39 is 18.0 Å². The highest BCUT2D eigenvalue weighted by Gasteiger charge is 2.40. The second-order valence-corrected chi connectivity index (χ2v) is 5.57. The number of likely N-dealkylation sites (N-methyl/N-ethyl adjacent to an activating group) is 1. The lowest BCUT2D eigenvalue weighted by molar-refractivity contribution is -0.274. The minimum atomic E-state index is -4.81. The Labute approximate surface area is 119 Å². The lowest BCUT2D eigenvalue weighted by Crippen LogP contribution is -2.29. The van der Waals surface area contributed by atoms with Gasteiger partial charge in [0.05, 0.1) is 5.56 Å². The molecule has 0 aliphatic carbocycles. The van der Waals surface area contributed by atoms with Crippen molar-refractivity contribution in [2.24, 2.45) is 5.92 Å². The molecule has 21 heavy (non-hydrogen) atoms. The molecule has 2 aliphatic heterocycles. The normalized spacial score (nSPS) is 25.8. The molecule has 3 rings (SSSR count). The van der Waals surface area contributed by atoms with Crippen molar-refractivity contribution >= 4 is 5.91 Å². The number of carbonyl (C=O) groups is 1. The van der Waals surface area contributed by atoms with Crippen LogP contribution in [-0.4, -0.2) is 43.9 Å². The lowest BCUT2D eigenvalue weighted by Gasteiger charge is -2.18. The van der Waals surface area contributed by atoms with Crippen LogP contribution in [0.25, 0.3) is 0 Å². The van der Waals surface area contributed by atoms with Crippen molar-refractivity contribution in [3.8, 4) is 5.75 Å². The van der Waals surface area contributed by atoms with Crippen molar-refractivity contribution in [3.63, 3.8) is 0 Å². The molecule has 0 radical (unpaired) electrons. The number of hydrogen-bond donors (Lipinski definition) is 1. The van der Waals surface area contributed by atoms with E-state index in [0.717, 1.165) is 13.1 Å². The average molecular weight is 300 g/mol. The van der Waals surface area contributed by atoms with Gasteiger partial charge in [-0.2, -0.15) is 0 Å². The number of benzene rings is 1. The maximum absolute atomic E-state index is 12.5.